The Bertz CT molecular complexity index is 1590. The van der Waals surface area contributed by atoms with Crippen molar-refractivity contribution in [3.63, 3.8) is 0 Å². The molecule has 0 aliphatic carbocycles. The molecule has 0 saturated heterocycles. The van der Waals surface area contributed by atoms with Gasteiger partial charge in [0.25, 0.3) is 0 Å². The lowest BCUT2D eigenvalue weighted by atomic mass is 10.0. The summed E-state index contributed by atoms with van der Waals surface area (Å²) in [6, 6.07) is 13.3. The van der Waals surface area contributed by atoms with E-state index < -0.39 is 26.2 Å². The summed E-state index contributed by atoms with van der Waals surface area (Å²) in [6.45, 7) is 3.08. The number of carbonyl (C=O) groups is 1. The molecular weight excluding hydrogens is 489 g/mol. The monoisotopic (exact) mass is 505 g/mol. The van der Waals surface area contributed by atoms with Gasteiger partial charge in [0.1, 0.15) is 0 Å². The van der Waals surface area contributed by atoms with E-state index in [0.29, 0.717) is 10.6 Å². The number of imidazole rings is 1. The summed E-state index contributed by atoms with van der Waals surface area (Å²) in [5.74, 6) is -1.28. The molecule has 0 unspecified atom stereocenters. The number of benzene rings is 2. The van der Waals surface area contributed by atoms with Gasteiger partial charge in [-0.2, -0.15) is 0 Å². The van der Waals surface area contributed by atoms with Gasteiger partial charge in [-0.15, -0.1) is 0 Å². The maximum Gasteiger partial charge on any atom is 0.354 e. The lowest BCUT2D eigenvalue weighted by Crippen LogP contribution is -2.30. The summed E-state index contributed by atoms with van der Waals surface area (Å²) >= 11 is 12.6. The smallest absolute Gasteiger partial charge is 0.354 e. The van der Waals surface area contributed by atoms with Crippen LogP contribution in [0.3, 0.4) is 0 Å². The van der Waals surface area contributed by atoms with Crippen LogP contribution in [0.5, 0.6) is 0 Å². The molecule has 11 heteroatoms. The normalized spacial score (nSPS) is 12.2. The van der Waals surface area contributed by atoms with Crippen molar-refractivity contribution in [2.75, 3.05) is 0 Å². The molecule has 2 aromatic heterocycles. The highest BCUT2D eigenvalue weighted by Gasteiger charge is 2.39. The standard InChI is InChI=1S/C22H17Cl2N3O5S/c1-22(2,13-5-3-4-6-14(13)23)33(31,32)12-7-8-15(24)18(11-12)27-19-16(26-21(27)30)9-10-17(25-19)20(28)29/h3-11H,1-2H3,(H,26,30)(H,28,29). The largest absolute Gasteiger partial charge is 0.477 e. The number of carboxylic acid groups (broad SMARTS) is 1. The average Bonchev–Trinajstić information content (AvgIpc) is 3.08. The van der Waals surface area contributed by atoms with Gasteiger partial charge in [0.2, 0.25) is 0 Å². The Kier molecular flexibility index (Phi) is 5.60. The number of fused-ring (bicyclic) bond motifs is 1. The zero-order chi connectivity index (χ0) is 24.1. The molecule has 2 heterocycles. The van der Waals surface area contributed by atoms with Crippen molar-refractivity contribution in [1.82, 2.24) is 14.5 Å². The van der Waals surface area contributed by atoms with E-state index in [2.05, 4.69) is 9.97 Å². The number of rotatable bonds is 5. The Morgan fingerprint density at radius 2 is 1.76 bits per heavy atom. The van der Waals surface area contributed by atoms with Crippen LogP contribution >= 0.6 is 23.2 Å². The van der Waals surface area contributed by atoms with Crippen molar-refractivity contribution in [2.45, 2.75) is 23.5 Å². The predicted octanol–water partition coefficient (Wildman–Crippen LogP) is 4.43. The second-order valence-corrected chi connectivity index (χ2v) is 11.1. The molecule has 0 saturated carbocycles. The van der Waals surface area contributed by atoms with Crippen LogP contribution < -0.4 is 5.69 Å². The highest BCUT2D eigenvalue weighted by Crippen LogP contribution is 2.39. The van der Waals surface area contributed by atoms with Crippen molar-refractivity contribution in [3.8, 4) is 5.69 Å². The average molecular weight is 506 g/mol. The fourth-order valence-electron chi connectivity index (χ4n) is 3.55. The summed E-state index contributed by atoms with van der Waals surface area (Å²) < 4.78 is 26.9. The van der Waals surface area contributed by atoms with Crippen LogP contribution in [0.25, 0.3) is 16.9 Å². The van der Waals surface area contributed by atoms with Crippen molar-refractivity contribution in [3.05, 3.63) is 86.4 Å². The number of hydrogen-bond acceptors (Lipinski definition) is 5. The number of halogens is 2. The van der Waals surface area contributed by atoms with Crippen molar-refractivity contribution in [1.29, 1.82) is 0 Å². The van der Waals surface area contributed by atoms with Crippen LogP contribution in [-0.4, -0.2) is 34.0 Å². The first kappa shape index (κ1) is 23.0. The van der Waals surface area contributed by atoms with Crippen molar-refractivity contribution >= 4 is 50.2 Å². The molecule has 0 amide bonds. The fraction of sp³-hybridized carbons (Fsp3) is 0.136. The van der Waals surface area contributed by atoms with E-state index in [1.807, 2.05) is 0 Å². The van der Waals surface area contributed by atoms with Crippen LogP contribution in [0, 0.1) is 0 Å². The highest BCUT2D eigenvalue weighted by molar-refractivity contribution is 7.92. The molecule has 0 bridgehead atoms. The van der Waals surface area contributed by atoms with Gasteiger partial charge >= 0.3 is 11.7 Å². The lowest BCUT2D eigenvalue weighted by molar-refractivity contribution is 0.0691. The van der Waals surface area contributed by atoms with Crippen LogP contribution in [0.2, 0.25) is 10.0 Å². The van der Waals surface area contributed by atoms with E-state index in [1.54, 1.807) is 24.3 Å². The number of nitrogens with zero attached hydrogens (tertiary/aromatic N) is 2. The predicted molar refractivity (Wildman–Crippen MR) is 125 cm³/mol. The number of hydrogen-bond donors (Lipinski definition) is 2. The van der Waals surface area contributed by atoms with Gasteiger partial charge in [-0.25, -0.2) is 27.6 Å². The zero-order valence-corrected chi connectivity index (χ0v) is 19.7. The Morgan fingerprint density at radius 3 is 2.42 bits per heavy atom. The van der Waals surface area contributed by atoms with Crippen LogP contribution in [0.15, 0.2) is 64.3 Å². The summed E-state index contributed by atoms with van der Waals surface area (Å²) in [6.07, 6.45) is 0. The van der Waals surface area contributed by atoms with E-state index in [4.69, 9.17) is 23.2 Å². The van der Waals surface area contributed by atoms with Gasteiger partial charge in [-0.1, -0.05) is 41.4 Å². The lowest BCUT2D eigenvalue weighted by Gasteiger charge is -2.26. The number of aromatic nitrogens is 3. The zero-order valence-electron chi connectivity index (χ0n) is 17.3. The molecule has 2 N–H and O–H groups in total. The van der Waals surface area contributed by atoms with Gasteiger partial charge < -0.3 is 10.1 Å². The third-order valence-electron chi connectivity index (χ3n) is 5.41. The molecule has 170 valence electrons. The minimum Gasteiger partial charge on any atom is -0.477 e. The van der Waals surface area contributed by atoms with Crippen LogP contribution in [-0.2, 0) is 14.6 Å². The second kappa shape index (κ2) is 8.02. The summed E-state index contributed by atoms with van der Waals surface area (Å²) in [5, 5.41) is 9.64. The first-order valence-corrected chi connectivity index (χ1v) is 11.8. The molecule has 0 spiro atoms. The molecule has 2 aromatic carbocycles. The van der Waals surface area contributed by atoms with E-state index in [9.17, 15) is 23.1 Å². The third kappa shape index (κ3) is 3.72. The van der Waals surface area contributed by atoms with E-state index in [-0.39, 0.29) is 32.5 Å². The molecule has 0 aliphatic heterocycles. The molecule has 33 heavy (non-hydrogen) atoms. The van der Waals surface area contributed by atoms with Crippen molar-refractivity contribution in [2.24, 2.45) is 0 Å². The number of pyridine rings is 1. The molecule has 0 aliphatic rings. The molecule has 0 fully saturated rings. The molecule has 0 atom stereocenters. The minimum absolute atomic E-state index is 0.00159. The van der Waals surface area contributed by atoms with Crippen LogP contribution in [0.4, 0.5) is 0 Å². The summed E-state index contributed by atoms with van der Waals surface area (Å²) in [5.41, 5.74) is -0.205. The number of carboxylic acids is 1. The number of nitrogens with one attached hydrogen (secondary N) is 1. The number of aromatic carboxylic acids is 1. The Labute approximate surface area is 198 Å². The molecular formula is C22H17Cl2N3O5S. The fourth-order valence-corrected chi connectivity index (χ4v) is 5.75. The van der Waals surface area contributed by atoms with Crippen LogP contribution in [0.1, 0.15) is 29.9 Å². The van der Waals surface area contributed by atoms with Gasteiger partial charge in [-0.05, 0) is 55.8 Å². The Balaban J connectivity index is 1.94. The maximum absolute atomic E-state index is 13.6. The SMILES string of the molecule is CC(C)(c1ccccc1Cl)S(=O)(=O)c1ccc(Cl)c(-n2c(=O)[nH]c3ccc(C(=O)O)nc32)c1. The molecule has 4 rings (SSSR count). The third-order valence-corrected chi connectivity index (χ3v) is 8.50. The molecule has 0 radical (unpaired) electrons. The van der Waals surface area contributed by atoms with Crippen molar-refractivity contribution < 1.29 is 18.3 Å². The van der Waals surface area contributed by atoms with Gasteiger partial charge in [-0.3, -0.25) is 0 Å². The summed E-state index contributed by atoms with van der Waals surface area (Å²) in [7, 11) is -4.02. The molecule has 4 aromatic rings. The number of aromatic amines is 1. The van der Waals surface area contributed by atoms with Gasteiger partial charge in [0.05, 0.1) is 25.9 Å². The number of sulfone groups is 1. The van der Waals surface area contributed by atoms with Gasteiger partial charge in [0, 0.05) is 5.02 Å². The Morgan fingerprint density at radius 1 is 1.06 bits per heavy atom. The topological polar surface area (TPSA) is 122 Å². The summed E-state index contributed by atoms with van der Waals surface area (Å²) in [4.78, 5) is 30.5. The molecule has 8 nitrogen and oxygen atoms in total. The Hall–Kier alpha value is -3.14. The maximum atomic E-state index is 13.6. The quantitative estimate of drug-likeness (QED) is 0.413. The first-order valence-electron chi connectivity index (χ1n) is 9.60. The van der Waals surface area contributed by atoms with E-state index in [1.165, 1.54) is 44.2 Å². The minimum atomic E-state index is -4.02. The second-order valence-electron chi connectivity index (χ2n) is 7.75. The van der Waals surface area contributed by atoms with E-state index >= 15 is 0 Å². The highest BCUT2D eigenvalue weighted by atomic mass is 35.5. The van der Waals surface area contributed by atoms with E-state index in [0.717, 1.165) is 4.57 Å². The van der Waals surface area contributed by atoms with Gasteiger partial charge in [0.15, 0.2) is 21.2 Å². The number of H-pyrrole nitrogens is 1. The first-order chi connectivity index (χ1) is 15.4.